The van der Waals surface area contributed by atoms with Crippen LogP contribution in [0.4, 0.5) is 5.82 Å². The van der Waals surface area contributed by atoms with Crippen LogP contribution in [0.3, 0.4) is 0 Å². The quantitative estimate of drug-likeness (QED) is 0.696. The van der Waals surface area contributed by atoms with E-state index in [9.17, 15) is 0 Å². The topological polar surface area (TPSA) is 51.1 Å². The number of piperidine rings is 1. The van der Waals surface area contributed by atoms with E-state index in [0.717, 1.165) is 43.1 Å². The number of rotatable bonds is 2. The molecule has 1 unspecified atom stereocenters. The minimum atomic E-state index is -0.223. The molecule has 1 atom stereocenters. The average Bonchev–Trinajstić information content (AvgIpc) is 3.06. The van der Waals surface area contributed by atoms with E-state index in [1.807, 2.05) is 25.1 Å². The number of pyridine rings is 1. The Bertz CT molecular complexity index is 971. The summed E-state index contributed by atoms with van der Waals surface area (Å²) in [6.45, 7) is 4.51. The lowest BCUT2D eigenvalue weighted by Crippen LogP contribution is -2.46. The van der Waals surface area contributed by atoms with Gasteiger partial charge in [0.25, 0.3) is 0 Å². The van der Waals surface area contributed by atoms with Gasteiger partial charge in [0.05, 0.1) is 13.2 Å². The molecule has 5 heteroatoms. The number of ether oxygens (including phenoxy) is 1. The Morgan fingerprint density at radius 3 is 2.85 bits per heavy atom. The first kappa shape index (κ1) is 16.4. The molecule has 0 bridgehead atoms. The zero-order valence-corrected chi connectivity index (χ0v) is 15.4. The Hall–Kier alpha value is -2.79. The molecule has 0 amide bonds. The van der Waals surface area contributed by atoms with Crippen molar-refractivity contribution in [3.05, 3.63) is 71.5 Å². The van der Waals surface area contributed by atoms with Gasteiger partial charge >= 0.3 is 0 Å². The maximum atomic E-state index is 6.35. The van der Waals surface area contributed by atoms with Crippen LogP contribution in [0.15, 0.2) is 54.7 Å². The van der Waals surface area contributed by atoms with E-state index in [-0.39, 0.29) is 5.60 Å². The van der Waals surface area contributed by atoms with Crippen LogP contribution < -0.4 is 4.90 Å². The van der Waals surface area contributed by atoms with Gasteiger partial charge in [-0.2, -0.15) is 0 Å². The molecular weight excluding hydrogens is 336 g/mol. The minimum absolute atomic E-state index is 0.223. The van der Waals surface area contributed by atoms with Gasteiger partial charge in [0.15, 0.2) is 5.82 Å². The normalized spacial score (nSPS) is 21.4. The van der Waals surface area contributed by atoms with E-state index in [4.69, 9.17) is 9.72 Å². The van der Waals surface area contributed by atoms with Crippen LogP contribution >= 0.6 is 0 Å². The lowest BCUT2D eigenvalue weighted by atomic mass is 9.85. The first-order valence-electron chi connectivity index (χ1n) is 9.48. The maximum absolute atomic E-state index is 6.35. The lowest BCUT2D eigenvalue weighted by Gasteiger charge is -2.41. The molecule has 27 heavy (non-hydrogen) atoms. The molecule has 4 heterocycles. The summed E-state index contributed by atoms with van der Waals surface area (Å²) in [5, 5.41) is 0. The van der Waals surface area contributed by atoms with Gasteiger partial charge < -0.3 is 9.64 Å². The molecule has 3 aromatic rings. The van der Waals surface area contributed by atoms with E-state index in [2.05, 4.69) is 45.2 Å². The van der Waals surface area contributed by atoms with Gasteiger partial charge in [-0.1, -0.05) is 30.3 Å². The maximum Gasteiger partial charge on any atom is 0.180 e. The van der Waals surface area contributed by atoms with Gasteiger partial charge in [0, 0.05) is 24.5 Å². The number of aromatic nitrogens is 3. The molecule has 0 saturated carbocycles. The fraction of sp³-hybridized carbons (Fsp3) is 0.318. The minimum Gasteiger partial charge on any atom is -0.364 e. The molecule has 1 fully saturated rings. The van der Waals surface area contributed by atoms with Crippen molar-refractivity contribution in [1.29, 1.82) is 0 Å². The van der Waals surface area contributed by atoms with E-state index < -0.39 is 0 Å². The number of benzene rings is 1. The summed E-state index contributed by atoms with van der Waals surface area (Å²) in [6.07, 6.45) is 3.91. The number of hydrogen-bond acceptors (Lipinski definition) is 5. The molecule has 2 aliphatic rings. The molecule has 2 aliphatic heterocycles. The Morgan fingerprint density at radius 1 is 1.07 bits per heavy atom. The van der Waals surface area contributed by atoms with Crippen LogP contribution in [-0.2, 0) is 16.9 Å². The number of anilines is 1. The standard InChI is InChI=1S/C22H22N4O/c1-16-13-20(25-21(24-16)19-9-4-5-11-23-19)26-12-6-10-22(15-26)18-8-3-2-7-17(18)14-27-22/h2-5,7-9,11,13H,6,10,12,14-15H2,1H3. The van der Waals surface area contributed by atoms with Crippen molar-refractivity contribution in [3.8, 4) is 11.5 Å². The molecule has 1 spiro atoms. The lowest BCUT2D eigenvalue weighted by molar-refractivity contribution is -0.0471. The van der Waals surface area contributed by atoms with Crippen molar-refractivity contribution in [3.63, 3.8) is 0 Å². The van der Waals surface area contributed by atoms with Gasteiger partial charge in [-0.05, 0) is 43.0 Å². The van der Waals surface area contributed by atoms with Crippen molar-refractivity contribution < 1.29 is 4.74 Å². The summed E-state index contributed by atoms with van der Waals surface area (Å²) < 4.78 is 6.35. The average molecular weight is 358 g/mol. The van der Waals surface area contributed by atoms with E-state index in [0.29, 0.717) is 12.4 Å². The Kier molecular flexibility index (Phi) is 3.90. The van der Waals surface area contributed by atoms with Crippen molar-refractivity contribution in [1.82, 2.24) is 15.0 Å². The second-order valence-corrected chi connectivity index (χ2v) is 7.37. The molecule has 0 N–H and O–H groups in total. The highest BCUT2D eigenvalue weighted by Crippen LogP contribution is 2.43. The van der Waals surface area contributed by atoms with Crippen LogP contribution in [0.25, 0.3) is 11.5 Å². The highest BCUT2D eigenvalue weighted by Gasteiger charge is 2.43. The molecule has 5 nitrogen and oxygen atoms in total. The van der Waals surface area contributed by atoms with E-state index in [1.165, 1.54) is 11.1 Å². The highest BCUT2D eigenvalue weighted by atomic mass is 16.5. The summed E-state index contributed by atoms with van der Waals surface area (Å²) in [7, 11) is 0. The summed E-state index contributed by atoms with van der Waals surface area (Å²) >= 11 is 0. The molecule has 1 saturated heterocycles. The fourth-order valence-corrected chi connectivity index (χ4v) is 4.26. The summed E-state index contributed by atoms with van der Waals surface area (Å²) in [5.41, 5.74) is 4.18. The van der Waals surface area contributed by atoms with Crippen LogP contribution in [0.2, 0.25) is 0 Å². The molecule has 0 radical (unpaired) electrons. The third-order valence-electron chi connectivity index (χ3n) is 5.53. The van der Waals surface area contributed by atoms with Crippen molar-refractivity contribution in [2.75, 3.05) is 18.0 Å². The van der Waals surface area contributed by atoms with Crippen LogP contribution in [0.5, 0.6) is 0 Å². The van der Waals surface area contributed by atoms with Crippen molar-refractivity contribution in [2.24, 2.45) is 0 Å². The molecule has 0 aliphatic carbocycles. The fourth-order valence-electron chi connectivity index (χ4n) is 4.26. The molecule has 2 aromatic heterocycles. The highest BCUT2D eigenvalue weighted by molar-refractivity contribution is 5.54. The third-order valence-corrected chi connectivity index (χ3v) is 5.53. The SMILES string of the molecule is Cc1cc(N2CCCC3(C2)OCc2ccccc23)nc(-c2ccccn2)n1. The van der Waals surface area contributed by atoms with Crippen molar-refractivity contribution in [2.45, 2.75) is 32.0 Å². The Morgan fingerprint density at radius 2 is 1.96 bits per heavy atom. The van der Waals surface area contributed by atoms with Crippen LogP contribution in [0, 0.1) is 6.92 Å². The summed E-state index contributed by atoms with van der Waals surface area (Å²) in [4.78, 5) is 16.2. The first-order valence-corrected chi connectivity index (χ1v) is 9.48. The third kappa shape index (κ3) is 2.88. The predicted octanol–water partition coefficient (Wildman–Crippen LogP) is 3.87. The first-order chi connectivity index (χ1) is 13.2. The number of hydrogen-bond donors (Lipinski definition) is 0. The van der Waals surface area contributed by atoms with Gasteiger partial charge in [-0.25, -0.2) is 9.97 Å². The zero-order chi connectivity index (χ0) is 18.3. The molecule has 136 valence electrons. The van der Waals surface area contributed by atoms with Crippen LogP contribution in [-0.4, -0.2) is 28.0 Å². The van der Waals surface area contributed by atoms with E-state index in [1.54, 1.807) is 6.20 Å². The van der Waals surface area contributed by atoms with Gasteiger partial charge in [-0.15, -0.1) is 0 Å². The Labute approximate surface area is 159 Å². The van der Waals surface area contributed by atoms with Crippen molar-refractivity contribution >= 4 is 5.82 Å². The smallest absolute Gasteiger partial charge is 0.180 e. The summed E-state index contributed by atoms with van der Waals surface area (Å²) in [5.74, 6) is 1.63. The number of aryl methyl sites for hydroxylation is 1. The second kappa shape index (κ2) is 6.43. The second-order valence-electron chi connectivity index (χ2n) is 7.37. The predicted molar refractivity (Wildman–Crippen MR) is 104 cm³/mol. The zero-order valence-electron chi connectivity index (χ0n) is 15.4. The summed E-state index contributed by atoms with van der Waals surface area (Å²) in [6, 6.07) is 16.5. The van der Waals surface area contributed by atoms with Gasteiger partial charge in [0.2, 0.25) is 0 Å². The monoisotopic (exact) mass is 358 g/mol. The number of fused-ring (bicyclic) bond motifs is 2. The Balaban J connectivity index is 1.50. The van der Waals surface area contributed by atoms with E-state index >= 15 is 0 Å². The van der Waals surface area contributed by atoms with Gasteiger partial charge in [-0.3, -0.25) is 4.98 Å². The molecular formula is C22H22N4O. The number of nitrogens with zero attached hydrogens (tertiary/aromatic N) is 4. The van der Waals surface area contributed by atoms with Crippen LogP contribution in [0.1, 0.15) is 29.7 Å². The largest absolute Gasteiger partial charge is 0.364 e. The molecule has 5 rings (SSSR count). The van der Waals surface area contributed by atoms with Gasteiger partial charge in [0.1, 0.15) is 17.1 Å². The molecule has 1 aromatic carbocycles.